The summed E-state index contributed by atoms with van der Waals surface area (Å²) in [4.78, 5) is 16.1. The minimum Gasteiger partial charge on any atom is -0.469 e. The molecule has 8 heteroatoms. The van der Waals surface area contributed by atoms with Gasteiger partial charge in [-0.15, -0.1) is 22.0 Å². The van der Waals surface area contributed by atoms with Crippen molar-refractivity contribution < 1.29 is 9.21 Å². The number of hydrogen-bond acceptors (Lipinski definition) is 6. The second-order valence-corrected chi connectivity index (χ2v) is 9.20. The van der Waals surface area contributed by atoms with E-state index in [9.17, 15) is 4.79 Å². The number of aromatic nitrogens is 3. The van der Waals surface area contributed by atoms with E-state index in [0.29, 0.717) is 11.0 Å². The lowest BCUT2D eigenvalue weighted by molar-refractivity contribution is -0.116. The van der Waals surface area contributed by atoms with Crippen molar-refractivity contribution >= 4 is 35.1 Å². The van der Waals surface area contributed by atoms with E-state index in [1.807, 2.05) is 59.5 Å². The molecule has 0 saturated heterocycles. The summed E-state index contributed by atoms with van der Waals surface area (Å²) in [5.41, 5.74) is 1.93. The zero-order valence-electron chi connectivity index (χ0n) is 16.1. The Morgan fingerprint density at radius 2 is 2.14 bits per heavy atom. The Labute approximate surface area is 172 Å². The minimum absolute atomic E-state index is 0.0937. The smallest absolute Gasteiger partial charge is 0.237 e. The van der Waals surface area contributed by atoms with Gasteiger partial charge in [-0.25, -0.2) is 0 Å². The van der Waals surface area contributed by atoms with Gasteiger partial charge >= 0.3 is 0 Å². The fourth-order valence-corrected chi connectivity index (χ4v) is 5.14. The molecule has 0 saturated carbocycles. The predicted molar refractivity (Wildman–Crippen MR) is 113 cm³/mol. The molecule has 3 heterocycles. The van der Waals surface area contributed by atoms with Crippen molar-refractivity contribution in [3.8, 4) is 11.4 Å². The van der Waals surface area contributed by atoms with Crippen LogP contribution in [0.3, 0.4) is 0 Å². The van der Waals surface area contributed by atoms with Crippen LogP contribution in [0, 0.1) is 6.92 Å². The number of aryl methyl sites for hydroxylation is 1. The second-order valence-electron chi connectivity index (χ2n) is 6.77. The van der Waals surface area contributed by atoms with E-state index < -0.39 is 0 Å². The average molecular weight is 415 g/mol. The average Bonchev–Trinajstić information content (AvgIpc) is 3.21. The molecule has 28 heavy (non-hydrogen) atoms. The van der Waals surface area contributed by atoms with Gasteiger partial charge in [0.25, 0.3) is 0 Å². The highest BCUT2D eigenvalue weighted by Crippen LogP contribution is 2.37. The molecule has 6 nitrogen and oxygen atoms in total. The number of amides is 1. The van der Waals surface area contributed by atoms with Crippen molar-refractivity contribution in [2.24, 2.45) is 7.05 Å². The summed E-state index contributed by atoms with van der Waals surface area (Å²) in [6, 6.07) is 10.0. The number of rotatable bonds is 4. The van der Waals surface area contributed by atoms with E-state index in [-0.39, 0.29) is 5.91 Å². The van der Waals surface area contributed by atoms with Crippen LogP contribution in [0.4, 0.5) is 5.69 Å². The third kappa shape index (κ3) is 3.71. The highest BCUT2D eigenvalue weighted by molar-refractivity contribution is 8.00. The van der Waals surface area contributed by atoms with Crippen LogP contribution >= 0.6 is 23.5 Å². The number of carbonyl (C=O) groups is 1. The Kier molecular flexibility index (Phi) is 5.50. The number of hydrogen-bond donors (Lipinski definition) is 0. The van der Waals surface area contributed by atoms with Crippen LogP contribution in [0.2, 0.25) is 0 Å². The standard InChI is InChI=1S/C20H22N4O2S2/c1-13-8-10-24(16-6-4-5-7-17(16)28-13)18(25)12-27-20-22-21-19(23(20)3)15-9-11-26-14(15)2/h4-7,9,11,13H,8,10,12H2,1-3H3. The number of furan rings is 1. The zero-order chi connectivity index (χ0) is 19.7. The Hall–Kier alpha value is -2.19. The van der Waals surface area contributed by atoms with Crippen molar-refractivity contribution in [3.05, 3.63) is 42.4 Å². The maximum atomic E-state index is 13.0. The Balaban J connectivity index is 1.50. The topological polar surface area (TPSA) is 64.2 Å². The van der Waals surface area contributed by atoms with Crippen molar-refractivity contribution in [2.75, 3.05) is 17.2 Å². The van der Waals surface area contributed by atoms with E-state index in [1.165, 1.54) is 16.7 Å². The molecule has 0 bridgehead atoms. The molecule has 1 aliphatic rings. The second kappa shape index (κ2) is 8.05. The summed E-state index contributed by atoms with van der Waals surface area (Å²) in [6.45, 7) is 4.85. The van der Waals surface area contributed by atoms with Crippen LogP contribution in [0.25, 0.3) is 11.4 Å². The monoisotopic (exact) mass is 414 g/mol. The number of carbonyl (C=O) groups excluding carboxylic acids is 1. The Morgan fingerprint density at radius 1 is 1.32 bits per heavy atom. The molecule has 0 spiro atoms. The number of fused-ring (bicyclic) bond motifs is 1. The van der Waals surface area contributed by atoms with Crippen LogP contribution in [0.5, 0.6) is 0 Å². The van der Waals surface area contributed by atoms with E-state index in [2.05, 4.69) is 23.2 Å². The van der Waals surface area contributed by atoms with Gasteiger partial charge in [0, 0.05) is 23.7 Å². The summed E-state index contributed by atoms with van der Waals surface area (Å²) in [7, 11) is 1.91. The molecule has 1 aromatic carbocycles. The van der Waals surface area contributed by atoms with E-state index in [4.69, 9.17) is 4.42 Å². The van der Waals surface area contributed by atoms with Gasteiger partial charge in [0.1, 0.15) is 5.76 Å². The number of benzene rings is 1. The molecule has 0 N–H and O–H groups in total. The van der Waals surface area contributed by atoms with Gasteiger partial charge in [-0.2, -0.15) is 0 Å². The third-order valence-corrected chi connectivity index (χ3v) is 7.05. The molecular formula is C20H22N4O2S2. The molecule has 3 aromatic rings. The van der Waals surface area contributed by atoms with Crippen LogP contribution in [-0.2, 0) is 11.8 Å². The number of nitrogens with zero attached hydrogens (tertiary/aromatic N) is 4. The van der Waals surface area contributed by atoms with Gasteiger partial charge in [-0.1, -0.05) is 30.8 Å². The zero-order valence-corrected chi connectivity index (χ0v) is 17.7. The van der Waals surface area contributed by atoms with E-state index >= 15 is 0 Å². The van der Waals surface area contributed by atoms with Gasteiger partial charge in [-0.3, -0.25) is 4.79 Å². The van der Waals surface area contributed by atoms with Crippen LogP contribution in [-0.4, -0.2) is 38.2 Å². The molecule has 0 aliphatic carbocycles. The lowest BCUT2D eigenvalue weighted by atomic mass is 10.2. The predicted octanol–water partition coefficient (Wildman–Crippen LogP) is 4.39. The van der Waals surface area contributed by atoms with E-state index in [1.54, 1.807) is 6.26 Å². The fraction of sp³-hybridized carbons (Fsp3) is 0.350. The van der Waals surface area contributed by atoms with Gasteiger partial charge in [0.15, 0.2) is 11.0 Å². The van der Waals surface area contributed by atoms with Crippen LogP contribution in [0.1, 0.15) is 19.1 Å². The first-order valence-corrected chi connectivity index (χ1v) is 11.0. The molecule has 0 radical (unpaired) electrons. The molecule has 1 aliphatic heterocycles. The number of anilines is 1. The summed E-state index contributed by atoms with van der Waals surface area (Å²) >= 11 is 3.25. The van der Waals surface area contributed by atoms with Gasteiger partial charge in [-0.05, 0) is 31.5 Å². The van der Waals surface area contributed by atoms with Gasteiger partial charge in [0.2, 0.25) is 5.91 Å². The molecule has 4 rings (SSSR count). The molecular weight excluding hydrogens is 392 g/mol. The molecule has 0 fully saturated rings. The first-order chi connectivity index (χ1) is 13.5. The normalized spacial score (nSPS) is 16.7. The highest BCUT2D eigenvalue weighted by atomic mass is 32.2. The van der Waals surface area contributed by atoms with Gasteiger partial charge < -0.3 is 13.9 Å². The first-order valence-electron chi connectivity index (χ1n) is 9.17. The number of thioether (sulfide) groups is 2. The minimum atomic E-state index is 0.0937. The summed E-state index contributed by atoms with van der Waals surface area (Å²) in [5.74, 6) is 1.96. The quantitative estimate of drug-likeness (QED) is 0.590. The largest absolute Gasteiger partial charge is 0.469 e. The Bertz CT molecular complexity index is 998. The molecule has 146 valence electrons. The lowest BCUT2D eigenvalue weighted by Crippen LogP contribution is -2.33. The van der Waals surface area contributed by atoms with Crippen molar-refractivity contribution in [3.63, 3.8) is 0 Å². The molecule has 1 unspecified atom stereocenters. The SMILES string of the molecule is Cc1occc1-c1nnc(SCC(=O)N2CCC(C)Sc3ccccc32)n1C. The molecule has 1 atom stereocenters. The van der Waals surface area contributed by atoms with Gasteiger partial charge in [0.05, 0.1) is 23.3 Å². The highest BCUT2D eigenvalue weighted by Gasteiger charge is 2.25. The first kappa shape index (κ1) is 19.1. The summed E-state index contributed by atoms with van der Waals surface area (Å²) in [6.07, 6.45) is 2.62. The summed E-state index contributed by atoms with van der Waals surface area (Å²) < 4.78 is 7.27. The summed E-state index contributed by atoms with van der Waals surface area (Å²) in [5, 5.41) is 9.75. The van der Waals surface area contributed by atoms with Crippen molar-refractivity contribution in [1.29, 1.82) is 0 Å². The maximum absolute atomic E-state index is 13.0. The maximum Gasteiger partial charge on any atom is 0.237 e. The van der Waals surface area contributed by atoms with Crippen LogP contribution < -0.4 is 4.90 Å². The molecule has 2 aromatic heterocycles. The van der Waals surface area contributed by atoms with E-state index in [0.717, 1.165) is 41.0 Å². The van der Waals surface area contributed by atoms with Crippen molar-refractivity contribution in [2.45, 2.75) is 35.6 Å². The number of para-hydroxylation sites is 1. The fourth-order valence-electron chi connectivity index (χ4n) is 3.24. The lowest BCUT2D eigenvalue weighted by Gasteiger charge is -2.22. The van der Waals surface area contributed by atoms with Crippen LogP contribution in [0.15, 0.2) is 51.1 Å². The van der Waals surface area contributed by atoms with Crippen molar-refractivity contribution in [1.82, 2.24) is 14.8 Å². The Morgan fingerprint density at radius 3 is 2.93 bits per heavy atom. The third-order valence-electron chi connectivity index (χ3n) is 4.80. The molecule has 1 amide bonds.